The fourth-order valence-electron chi connectivity index (χ4n) is 9.36. The molecule has 0 saturated heterocycles. The second kappa shape index (κ2) is 69.0. The highest BCUT2D eigenvalue weighted by molar-refractivity contribution is 5.71. The second-order valence-electron chi connectivity index (χ2n) is 22.3. The van der Waals surface area contributed by atoms with Crippen molar-refractivity contribution in [2.24, 2.45) is 0 Å². The van der Waals surface area contributed by atoms with Crippen LogP contribution in [0, 0.1) is 0 Å². The molecule has 6 nitrogen and oxygen atoms in total. The van der Waals surface area contributed by atoms with E-state index in [1.165, 1.54) is 128 Å². The van der Waals surface area contributed by atoms with Crippen molar-refractivity contribution in [3.8, 4) is 0 Å². The van der Waals surface area contributed by atoms with E-state index in [4.69, 9.17) is 14.2 Å². The Labute approximate surface area is 506 Å². The smallest absolute Gasteiger partial charge is 0.306 e. The molecule has 0 aliphatic rings. The van der Waals surface area contributed by atoms with Crippen LogP contribution in [0.3, 0.4) is 0 Å². The lowest BCUT2D eigenvalue weighted by molar-refractivity contribution is -0.167. The number of hydrogen-bond acceptors (Lipinski definition) is 6. The molecule has 1 unspecified atom stereocenters. The highest BCUT2D eigenvalue weighted by Crippen LogP contribution is 2.16. The van der Waals surface area contributed by atoms with Crippen LogP contribution in [0.1, 0.15) is 310 Å². The molecular weight excluding hydrogens is 1010 g/mol. The van der Waals surface area contributed by atoms with Crippen LogP contribution in [0.25, 0.3) is 0 Å². The number of allylic oxidation sites excluding steroid dienone is 22. The lowest BCUT2D eigenvalue weighted by atomic mass is 10.0. The van der Waals surface area contributed by atoms with Crippen LogP contribution in [0.5, 0.6) is 0 Å². The minimum atomic E-state index is -0.788. The fourth-order valence-corrected chi connectivity index (χ4v) is 9.36. The molecule has 0 aliphatic carbocycles. The molecule has 466 valence electrons. The number of unbranched alkanes of at least 4 members (excludes halogenated alkanes) is 28. The van der Waals surface area contributed by atoms with Crippen LogP contribution in [0.2, 0.25) is 0 Å². The molecule has 0 fully saturated rings. The third kappa shape index (κ3) is 66.4. The molecule has 0 aromatic rings. The highest BCUT2D eigenvalue weighted by Gasteiger charge is 2.19. The Balaban J connectivity index is 4.17. The van der Waals surface area contributed by atoms with E-state index in [9.17, 15) is 14.4 Å². The first-order valence-corrected chi connectivity index (χ1v) is 34.2. The van der Waals surface area contributed by atoms with Crippen LogP contribution >= 0.6 is 0 Å². The van der Waals surface area contributed by atoms with E-state index in [-0.39, 0.29) is 31.1 Å². The number of rotatable bonds is 61. The molecular formula is C76H126O6. The maximum Gasteiger partial charge on any atom is 0.306 e. The average molecular weight is 1140 g/mol. The summed E-state index contributed by atoms with van der Waals surface area (Å²) in [6.45, 7) is 6.39. The molecule has 0 aromatic carbocycles. The normalized spacial score (nSPS) is 13.0. The summed E-state index contributed by atoms with van der Waals surface area (Å²) in [5.41, 5.74) is 0. The number of esters is 3. The number of ether oxygens (including phenoxy) is 3. The quantitative estimate of drug-likeness (QED) is 0.0261. The van der Waals surface area contributed by atoms with Gasteiger partial charge < -0.3 is 14.2 Å². The van der Waals surface area contributed by atoms with Crippen molar-refractivity contribution in [1.29, 1.82) is 0 Å². The lowest BCUT2D eigenvalue weighted by Gasteiger charge is -2.18. The Morgan fingerprint density at radius 3 is 0.744 bits per heavy atom. The molecule has 0 radical (unpaired) electrons. The number of hydrogen-bond donors (Lipinski definition) is 0. The molecule has 0 aliphatic heterocycles. The molecule has 0 spiro atoms. The maximum absolute atomic E-state index is 12.9. The van der Waals surface area contributed by atoms with Gasteiger partial charge in [0.05, 0.1) is 0 Å². The summed E-state index contributed by atoms with van der Waals surface area (Å²) in [5, 5.41) is 0. The number of carbonyl (C=O) groups is 3. The third-order valence-electron chi connectivity index (χ3n) is 14.4. The maximum atomic E-state index is 12.9. The standard InChI is InChI=1S/C76H126O6/c1-4-7-10-13-16-19-21-23-25-27-29-31-33-35-36-37-38-39-40-42-43-45-47-49-51-53-55-57-60-63-66-69-75(78)81-72-73(71-80-74(77)68-65-62-59-18-15-12-9-6-3)82-76(79)70-67-64-61-58-56-54-52-50-48-46-44-41-34-32-30-28-26-24-22-20-17-14-11-8-5-2/h7-8,10-11,16-17,19-20,23-26,29-32,35-36,41,44,48,50,73H,4-6,9,12-15,18,21-22,27-28,33-34,37-40,42-43,45-47,49,51-72H2,1-3H3/b10-7-,11-8-,19-16-,20-17-,25-23-,26-24-,31-29-,32-30-,36-35-,44-41-,50-48-. The van der Waals surface area contributed by atoms with Crippen molar-refractivity contribution in [3.05, 3.63) is 134 Å². The minimum absolute atomic E-state index is 0.0842. The van der Waals surface area contributed by atoms with Gasteiger partial charge in [0.25, 0.3) is 0 Å². The van der Waals surface area contributed by atoms with E-state index in [1.54, 1.807) is 0 Å². The van der Waals surface area contributed by atoms with Crippen molar-refractivity contribution in [1.82, 2.24) is 0 Å². The van der Waals surface area contributed by atoms with Crippen molar-refractivity contribution in [3.63, 3.8) is 0 Å². The van der Waals surface area contributed by atoms with Gasteiger partial charge in [-0.1, -0.05) is 309 Å². The van der Waals surface area contributed by atoms with E-state index in [2.05, 4.69) is 154 Å². The first-order chi connectivity index (χ1) is 40.5. The number of carbonyl (C=O) groups excluding carboxylic acids is 3. The predicted octanol–water partition coefficient (Wildman–Crippen LogP) is 23.7. The van der Waals surface area contributed by atoms with Crippen LogP contribution in [-0.4, -0.2) is 37.2 Å². The summed E-state index contributed by atoms with van der Waals surface area (Å²) >= 11 is 0. The molecule has 0 heterocycles. The van der Waals surface area contributed by atoms with Crippen LogP contribution in [0.4, 0.5) is 0 Å². The molecule has 82 heavy (non-hydrogen) atoms. The van der Waals surface area contributed by atoms with Gasteiger partial charge in [-0.15, -0.1) is 0 Å². The van der Waals surface area contributed by atoms with Crippen LogP contribution in [0.15, 0.2) is 134 Å². The first-order valence-electron chi connectivity index (χ1n) is 34.2. The first kappa shape index (κ1) is 77.5. The van der Waals surface area contributed by atoms with Gasteiger partial charge in [0.15, 0.2) is 6.10 Å². The van der Waals surface area contributed by atoms with Gasteiger partial charge in [0.1, 0.15) is 13.2 Å². The van der Waals surface area contributed by atoms with Crippen LogP contribution < -0.4 is 0 Å². The summed E-state index contributed by atoms with van der Waals surface area (Å²) in [6, 6.07) is 0. The Kier molecular flexibility index (Phi) is 65.3. The summed E-state index contributed by atoms with van der Waals surface area (Å²) in [4.78, 5) is 38.2. The van der Waals surface area contributed by atoms with Gasteiger partial charge in [-0.2, -0.15) is 0 Å². The Morgan fingerprint density at radius 2 is 0.476 bits per heavy atom. The molecule has 0 amide bonds. The van der Waals surface area contributed by atoms with Gasteiger partial charge in [0, 0.05) is 19.3 Å². The van der Waals surface area contributed by atoms with Crippen molar-refractivity contribution < 1.29 is 28.6 Å². The van der Waals surface area contributed by atoms with Crippen molar-refractivity contribution in [2.45, 2.75) is 316 Å². The van der Waals surface area contributed by atoms with E-state index in [0.29, 0.717) is 19.3 Å². The molecule has 1 atom stereocenters. The van der Waals surface area contributed by atoms with E-state index < -0.39 is 6.10 Å². The van der Waals surface area contributed by atoms with Crippen molar-refractivity contribution >= 4 is 17.9 Å². The average Bonchev–Trinajstić information content (AvgIpc) is 3.48. The largest absolute Gasteiger partial charge is 0.462 e. The second-order valence-corrected chi connectivity index (χ2v) is 22.3. The molecule has 0 rings (SSSR count). The SMILES string of the molecule is CC/C=C\C/C=C\C/C=C\C/C=C\C/C=C\C/C=C\CCCCCCCCC(=O)OC(COC(=O)CCCCCCCCCC)COC(=O)CCCCCCCCCCCCCCCCC/C=C\C/C=C\C/C=C\C/C=C\C/C=C\CC. The van der Waals surface area contributed by atoms with Gasteiger partial charge in [-0.3, -0.25) is 14.4 Å². The zero-order chi connectivity index (χ0) is 59.2. The van der Waals surface area contributed by atoms with E-state index >= 15 is 0 Å². The zero-order valence-corrected chi connectivity index (χ0v) is 53.5. The van der Waals surface area contributed by atoms with Gasteiger partial charge in [-0.05, 0) is 116 Å². The predicted molar refractivity (Wildman–Crippen MR) is 357 cm³/mol. The Bertz CT molecular complexity index is 1730. The minimum Gasteiger partial charge on any atom is -0.462 e. The van der Waals surface area contributed by atoms with Crippen molar-refractivity contribution in [2.75, 3.05) is 13.2 Å². The molecule has 0 N–H and O–H groups in total. The van der Waals surface area contributed by atoms with Gasteiger partial charge >= 0.3 is 17.9 Å². The van der Waals surface area contributed by atoms with E-state index in [0.717, 1.165) is 141 Å². The monoisotopic (exact) mass is 1130 g/mol. The molecule has 0 bridgehead atoms. The van der Waals surface area contributed by atoms with Gasteiger partial charge in [0.2, 0.25) is 0 Å². The molecule has 6 heteroatoms. The van der Waals surface area contributed by atoms with Crippen LogP contribution in [-0.2, 0) is 28.6 Å². The molecule has 0 saturated carbocycles. The highest BCUT2D eigenvalue weighted by atomic mass is 16.6. The zero-order valence-electron chi connectivity index (χ0n) is 53.5. The fraction of sp³-hybridized carbons (Fsp3) is 0.671. The summed E-state index contributed by atoms with van der Waals surface area (Å²) < 4.78 is 16.9. The molecule has 0 aromatic heterocycles. The van der Waals surface area contributed by atoms with E-state index in [1.807, 2.05) is 0 Å². The van der Waals surface area contributed by atoms with Gasteiger partial charge in [-0.25, -0.2) is 0 Å². The summed E-state index contributed by atoms with van der Waals surface area (Å²) in [6.07, 6.45) is 97.7. The lowest BCUT2D eigenvalue weighted by Crippen LogP contribution is -2.30. The summed E-state index contributed by atoms with van der Waals surface area (Å²) in [7, 11) is 0. The topological polar surface area (TPSA) is 78.9 Å². The Hall–Kier alpha value is -4.45. The third-order valence-corrected chi connectivity index (χ3v) is 14.4. The Morgan fingerprint density at radius 1 is 0.256 bits per heavy atom. The summed E-state index contributed by atoms with van der Waals surface area (Å²) in [5.74, 6) is -0.897.